The number of ether oxygens (including phenoxy) is 2. The van der Waals surface area contributed by atoms with Gasteiger partial charge < -0.3 is 19.8 Å². The van der Waals surface area contributed by atoms with Crippen LogP contribution in [0.15, 0.2) is 72.4 Å². The number of aromatic nitrogens is 2. The van der Waals surface area contributed by atoms with Gasteiger partial charge in [-0.25, -0.2) is 4.98 Å². The van der Waals surface area contributed by atoms with Gasteiger partial charge in [-0.1, -0.05) is 35.9 Å². The second-order valence-electron chi connectivity index (χ2n) is 7.41. The first-order valence-corrected chi connectivity index (χ1v) is 12.0. The molecule has 4 aromatic rings. The lowest BCUT2D eigenvalue weighted by atomic mass is 10.2. The van der Waals surface area contributed by atoms with Crippen LogP contribution in [0.5, 0.6) is 11.5 Å². The fourth-order valence-corrected chi connectivity index (χ4v) is 4.20. The molecule has 0 saturated heterocycles. The SMILES string of the molecule is COc1cc(/C=C/C(=O)NCCc2[nH]cnc2-c2cccs2)ccc1OCc1ccc(Cl)cc1. The number of hydrogen-bond donors (Lipinski definition) is 2. The molecule has 0 saturated carbocycles. The van der Waals surface area contributed by atoms with Gasteiger partial charge in [-0.2, -0.15) is 0 Å². The third-order valence-electron chi connectivity index (χ3n) is 5.07. The van der Waals surface area contributed by atoms with Gasteiger partial charge >= 0.3 is 0 Å². The molecule has 2 N–H and O–H groups in total. The highest BCUT2D eigenvalue weighted by atomic mass is 35.5. The first-order chi connectivity index (χ1) is 16.6. The number of rotatable bonds is 10. The summed E-state index contributed by atoms with van der Waals surface area (Å²) in [4.78, 5) is 20.9. The minimum Gasteiger partial charge on any atom is -0.493 e. The lowest BCUT2D eigenvalue weighted by Gasteiger charge is -2.11. The van der Waals surface area contributed by atoms with Crippen molar-refractivity contribution in [2.75, 3.05) is 13.7 Å². The standard InChI is InChI=1S/C26H24ClN3O3S/c1-32-23-15-18(6-10-22(23)33-16-19-4-8-20(27)9-5-19)7-11-25(31)28-13-12-21-26(30-17-29-21)24-3-2-14-34-24/h2-11,14-15,17H,12-13,16H2,1H3,(H,28,31)(H,29,30)/b11-7+. The van der Waals surface area contributed by atoms with Crippen LogP contribution in [0.1, 0.15) is 16.8 Å². The van der Waals surface area contributed by atoms with Gasteiger partial charge in [0.1, 0.15) is 12.3 Å². The van der Waals surface area contributed by atoms with Crippen LogP contribution in [0.25, 0.3) is 16.6 Å². The number of halogens is 1. The van der Waals surface area contributed by atoms with Crippen molar-refractivity contribution in [3.8, 4) is 22.1 Å². The van der Waals surface area contributed by atoms with Gasteiger partial charge in [-0.15, -0.1) is 11.3 Å². The molecule has 0 radical (unpaired) electrons. The molecule has 0 unspecified atom stereocenters. The number of thiophene rings is 1. The Balaban J connectivity index is 1.29. The van der Waals surface area contributed by atoms with E-state index in [-0.39, 0.29) is 5.91 Å². The van der Waals surface area contributed by atoms with Crippen LogP contribution < -0.4 is 14.8 Å². The molecule has 0 aliphatic rings. The highest BCUT2D eigenvalue weighted by molar-refractivity contribution is 7.13. The van der Waals surface area contributed by atoms with Crippen molar-refractivity contribution in [3.63, 3.8) is 0 Å². The van der Waals surface area contributed by atoms with Crippen molar-refractivity contribution < 1.29 is 14.3 Å². The second kappa shape index (κ2) is 11.5. The number of amides is 1. The first-order valence-electron chi connectivity index (χ1n) is 10.7. The second-order valence-corrected chi connectivity index (χ2v) is 8.79. The number of carbonyl (C=O) groups excluding carboxylic acids is 1. The molecule has 34 heavy (non-hydrogen) atoms. The van der Waals surface area contributed by atoms with Gasteiger partial charge in [-0.3, -0.25) is 4.79 Å². The number of H-pyrrole nitrogens is 1. The normalized spacial score (nSPS) is 11.0. The molecule has 0 atom stereocenters. The van der Waals surface area contributed by atoms with Crippen molar-refractivity contribution in [1.82, 2.24) is 15.3 Å². The molecule has 4 rings (SSSR count). The average molecular weight is 494 g/mol. The Hall–Kier alpha value is -3.55. The van der Waals surface area contributed by atoms with Crippen molar-refractivity contribution in [1.29, 1.82) is 0 Å². The summed E-state index contributed by atoms with van der Waals surface area (Å²) in [5.74, 6) is 1.05. The smallest absolute Gasteiger partial charge is 0.244 e. The van der Waals surface area contributed by atoms with E-state index in [0.29, 0.717) is 36.1 Å². The molecule has 0 fully saturated rings. The number of aromatic amines is 1. The van der Waals surface area contributed by atoms with Crippen LogP contribution in [0, 0.1) is 0 Å². The zero-order valence-corrected chi connectivity index (χ0v) is 20.2. The fourth-order valence-electron chi connectivity index (χ4n) is 3.33. The monoisotopic (exact) mass is 493 g/mol. The Morgan fingerprint density at radius 3 is 2.79 bits per heavy atom. The van der Waals surface area contributed by atoms with Gasteiger partial charge in [0.2, 0.25) is 5.91 Å². The molecule has 0 aliphatic heterocycles. The van der Waals surface area contributed by atoms with Crippen LogP contribution in [-0.4, -0.2) is 29.5 Å². The molecule has 6 nitrogen and oxygen atoms in total. The summed E-state index contributed by atoms with van der Waals surface area (Å²) in [5.41, 5.74) is 3.78. The van der Waals surface area contributed by atoms with Gasteiger partial charge in [0.05, 0.1) is 18.3 Å². The third-order valence-corrected chi connectivity index (χ3v) is 6.20. The predicted molar refractivity (Wildman–Crippen MR) is 136 cm³/mol. The van der Waals surface area contributed by atoms with E-state index in [9.17, 15) is 4.79 Å². The summed E-state index contributed by atoms with van der Waals surface area (Å²) in [5, 5.41) is 5.62. The summed E-state index contributed by atoms with van der Waals surface area (Å²) in [7, 11) is 1.59. The summed E-state index contributed by atoms with van der Waals surface area (Å²) in [6, 6.07) is 17.1. The maximum atomic E-state index is 12.3. The molecular formula is C26H24ClN3O3S. The fraction of sp³-hybridized carbons (Fsp3) is 0.154. The third kappa shape index (κ3) is 6.27. The molecule has 1 amide bonds. The molecule has 174 valence electrons. The van der Waals surface area contributed by atoms with Crippen LogP contribution >= 0.6 is 22.9 Å². The van der Waals surface area contributed by atoms with Crippen molar-refractivity contribution in [2.24, 2.45) is 0 Å². The maximum absolute atomic E-state index is 12.3. The molecule has 8 heteroatoms. The Bertz CT molecular complexity index is 1250. The number of hydrogen-bond acceptors (Lipinski definition) is 5. The minimum atomic E-state index is -0.167. The van der Waals surface area contributed by atoms with Crippen LogP contribution in [-0.2, 0) is 17.8 Å². The summed E-state index contributed by atoms with van der Waals surface area (Å²) in [6.45, 7) is 0.903. The quantitative estimate of drug-likeness (QED) is 0.276. The topological polar surface area (TPSA) is 76.2 Å². The van der Waals surface area contributed by atoms with E-state index in [1.165, 1.54) is 6.08 Å². The highest BCUT2D eigenvalue weighted by Gasteiger charge is 2.09. The van der Waals surface area contributed by atoms with Crippen molar-refractivity contribution in [3.05, 3.63) is 94.2 Å². The number of nitrogens with zero attached hydrogens (tertiary/aromatic N) is 1. The van der Waals surface area contributed by atoms with Gasteiger partial charge in [0.25, 0.3) is 0 Å². The molecule has 0 aliphatic carbocycles. The van der Waals surface area contributed by atoms with Crippen LogP contribution in [0.2, 0.25) is 5.02 Å². The number of imidazole rings is 1. The molecule has 2 aromatic carbocycles. The molecule has 0 bridgehead atoms. The van der Waals surface area contributed by atoms with E-state index in [4.69, 9.17) is 21.1 Å². The molecule has 2 aromatic heterocycles. The van der Waals surface area contributed by atoms with Gasteiger partial charge in [-0.05, 0) is 52.9 Å². The molecular weight excluding hydrogens is 470 g/mol. The van der Waals surface area contributed by atoms with Crippen molar-refractivity contribution >= 4 is 34.9 Å². The zero-order chi connectivity index (χ0) is 23.8. The van der Waals surface area contributed by atoms with Gasteiger partial charge in [0.15, 0.2) is 11.5 Å². The highest BCUT2D eigenvalue weighted by Crippen LogP contribution is 2.29. The average Bonchev–Trinajstić information content (AvgIpc) is 3.54. The van der Waals surface area contributed by atoms with E-state index in [1.54, 1.807) is 30.8 Å². The first kappa shape index (κ1) is 23.6. The Morgan fingerprint density at radius 1 is 1.18 bits per heavy atom. The lowest BCUT2D eigenvalue weighted by molar-refractivity contribution is -0.116. The number of benzene rings is 2. The van der Waals surface area contributed by atoms with E-state index >= 15 is 0 Å². The Kier molecular flexibility index (Phi) is 8.01. The van der Waals surface area contributed by atoms with Crippen LogP contribution in [0.3, 0.4) is 0 Å². The summed E-state index contributed by atoms with van der Waals surface area (Å²) >= 11 is 7.56. The summed E-state index contributed by atoms with van der Waals surface area (Å²) < 4.78 is 11.3. The van der Waals surface area contributed by atoms with E-state index in [0.717, 1.165) is 27.4 Å². The van der Waals surface area contributed by atoms with E-state index in [1.807, 2.05) is 60.0 Å². The lowest BCUT2D eigenvalue weighted by Crippen LogP contribution is -2.23. The van der Waals surface area contributed by atoms with E-state index in [2.05, 4.69) is 15.3 Å². The number of carbonyl (C=O) groups is 1. The zero-order valence-electron chi connectivity index (χ0n) is 18.6. The Morgan fingerprint density at radius 2 is 2.03 bits per heavy atom. The number of nitrogens with one attached hydrogen (secondary N) is 2. The van der Waals surface area contributed by atoms with Crippen molar-refractivity contribution in [2.45, 2.75) is 13.0 Å². The maximum Gasteiger partial charge on any atom is 0.244 e. The molecule has 2 heterocycles. The largest absolute Gasteiger partial charge is 0.493 e. The predicted octanol–water partition coefficient (Wildman–Crippen LogP) is 5.75. The summed E-state index contributed by atoms with van der Waals surface area (Å²) in [6.07, 6.45) is 5.60. The Labute approximate surface area is 207 Å². The number of methoxy groups -OCH3 is 1. The minimum absolute atomic E-state index is 0.167. The van der Waals surface area contributed by atoms with E-state index < -0.39 is 0 Å². The van der Waals surface area contributed by atoms with Gasteiger partial charge in [0, 0.05) is 29.8 Å². The van der Waals surface area contributed by atoms with Crippen LogP contribution in [0.4, 0.5) is 0 Å². The molecule has 0 spiro atoms.